The minimum atomic E-state index is -0.424. The van der Waals surface area contributed by atoms with E-state index in [2.05, 4.69) is 50.5 Å². The summed E-state index contributed by atoms with van der Waals surface area (Å²) in [5, 5.41) is 2.83. The standard InChI is InChI=1S/C8H5I2NO/c9-8(10)5-3-1-2-4-6(5)11-7(8)12/h1-4H,(H,11,12). The van der Waals surface area contributed by atoms with Gasteiger partial charge in [0.25, 0.3) is 5.91 Å². The molecule has 1 aromatic carbocycles. The van der Waals surface area contributed by atoms with E-state index in [4.69, 9.17) is 0 Å². The third kappa shape index (κ3) is 1.15. The zero-order valence-electron chi connectivity index (χ0n) is 5.97. The van der Waals surface area contributed by atoms with Crippen LogP contribution in [-0.4, -0.2) is 5.91 Å². The highest BCUT2D eigenvalue weighted by Gasteiger charge is 2.41. The summed E-state index contributed by atoms with van der Waals surface area (Å²) in [4.78, 5) is 11.4. The Morgan fingerprint density at radius 3 is 2.58 bits per heavy atom. The highest BCUT2D eigenvalue weighted by Crippen LogP contribution is 2.47. The number of nitrogens with one attached hydrogen (secondary N) is 1. The number of amides is 1. The van der Waals surface area contributed by atoms with Crippen LogP contribution in [0.15, 0.2) is 24.3 Å². The fourth-order valence-corrected chi connectivity index (χ4v) is 2.40. The van der Waals surface area contributed by atoms with Gasteiger partial charge in [-0.15, -0.1) is 0 Å². The molecule has 1 heterocycles. The fourth-order valence-electron chi connectivity index (χ4n) is 1.19. The number of benzene rings is 1. The summed E-state index contributed by atoms with van der Waals surface area (Å²) >= 11 is 4.32. The maximum atomic E-state index is 11.4. The first-order valence-corrected chi connectivity index (χ1v) is 5.57. The van der Waals surface area contributed by atoms with Gasteiger partial charge in [0.1, 0.15) is 0 Å². The zero-order valence-corrected chi connectivity index (χ0v) is 10.3. The Hall–Kier alpha value is 0.150. The normalized spacial score (nSPS) is 18.7. The molecule has 0 aliphatic carbocycles. The molecule has 0 aromatic heterocycles. The zero-order chi connectivity index (χ0) is 8.77. The molecule has 2 nitrogen and oxygen atoms in total. The van der Waals surface area contributed by atoms with E-state index in [1.165, 1.54) is 0 Å². The number of carbonyl (C=O) groups excluding carboxylic acids is 1. The van der Waals surface area contributed by atoms with E-state index in [9.17, 15) is 4.79 Å². The highest BCUT2D eigenvalue weighted by atomic mass is 127. The molecule has 1 aromatic rings. The molecule has 4 heteroatoms. The monoisotopic (exact) mass is 385 g/mol. The van der Waals surface area contributed by atoms with Gasteiger partial charge in [-0.05, 0) is 6.07 Å². The van der Waals surface area contributed by atoms with Crippen molar-refractivity contribution in [3.05, 3.63) is 29.8 Å². The molecule has 62 valence electrons. The Labute approximate surface area is 97.4 Å². The first kappa shape index (κ1) is 8.74. The van der Waals surface area contributed by atoms with Crippen molar-refractivity contribution >= 4 is 56.8 Å². The van der Waals surface area contributed by atoms with Gasteiger partial charge >= 0.3 is 0 Å². The van der Waals surface area contributed by atoms with Crippen LogP contribution in [0.4, 0.5) is 5.69 Å². The molecule has 12 heavy (non-hydrogen) atoms. The Morgan fingerprint density at radius 2 is 1.92 bits per heavy atom. The van der Waals surface area contributed by atoms with Crippen molar-refractivity contribution in [3.63, 3.8) is 0 Å². The lowest BCUT2D eigenvalue weighted by Gasteiger charge is -2.09. The Balaban J connectivity index is 2.63. The van der Waals surface area contributed by atoms with Gasteiger partial charge in [-0.25, -0.2) is 0 Å². The van der Waals surface area contributed by atoms with Crippen molar-refractivity contribution in [2.75, 3.05) is 5.32 Å². The third-order valence-corrected chi connectivity index (χ3v) is 3.94. The first-order valence-electron chi connectivity index (χ1n) is 3.41. The summed E-state index contributed by atoms with van der Waals surface area (Å²) in [5.74, 6) is 0.0601. The van der Waals surface area contributed by atoms with Crippen molar-refractivity contribution in [1.29, 1.82) is 0 Å². The number of halogens is 2. The second-order valence-corrected chi connectivity index (χ2v) is 7.87. The lowest BCUT2D eigenvalue weighted by molar-refractivity contribution is -0.115. The molecule has 0 spiro atoms. The predicted octanol–water partition coefficient (Wildman–Crippen LogP) is 2.66. The molecule has 0 bridgehead atoms. The maximum absolute atomic E-state index is 11.4. The largest absolute Gasteiger partial charge is 0.324 e. The minimum Gasteiger partial charge on any atom is -0.324 e. The van der Waals surface area contributed by atoms with E-state index in [0.29, 0.717) is 0 Å². The fraction of sp³-hybridized carbons (Fsp3) is 0.125. The van der Waals surface area contributed by atoms with Crippen LogP contribution in [0.1, 0.15) is 5.56 Å². The third-order valence-electron chi connectivity index (χ3n) is 1.80. The molecule has 1 amide bonds. The Morgan fingerprint density at radius 1 is 1.25 bits per heavy atom. The topological polar surface area (TPSA) is 29.1 Å². The molecule has 0 atom stereocenters. The average Bonchev–Trinajstić information content (AvgIpc) is 2.25. The van der Waals surface area contributed by atoms with Crippen molar-refractivity contribution < 1.29 is 4.79 Å². The van der Waals surface area contributed by atoms with Crippen molar-refractivity contribution in [2.45, 2.75) is 1.43 Å². The molecule has 0 saturated heterocycles. The van der Waals surface area contributed by atoms with Crippen molar-refractivity contribution in [1.82, 2.24) is 0 Å². The van der Waals surface area contributed by atoms with E-state index < -0.39 is 1.43 Å². The number of alkyl halides is 2. The van der Waals surface area contributed by atoms with Gasteiger partial charge in [-0.3, -0.25) is 4.79 Å². The molecular weight excluding hydrogens is 380 g/mol. The van der Waals surface area contributed by atoms with Crippen molar-refractivity contribution in [3.8, 4) is 0 Å². The predicted molar refractivity (Wildman–Crippen MR) is 64.8 cm³/mol. The molecule has 1 N–H and O–H groups in total. The summed E-state index contributed by atoms with van der Waals surface area (Å²) in [7, 11) is 0. The molecule has 0 fully saturated rings. The second kappa shape index (κ2) is 2.83. The number of carbonyl (C=O) groups is 1. The number of para-hydroxylation sites is 1. The molecule has 0 radical (unpaired) electrons. The summed E-state index contributed by atoms with van der Waals surface area (Å²) in [5.41, 5.74) is 2.00. The van der Waals surface area contributed by atoms with E-state index in [1.54, 1.807) is 0 Å². The minimum absolute atomic E-state index is 0.0601. The Bertz CT molecular complexity index is 349. The van der Waals surface area contributed by atoms with Crippen molar-refractivity contribution in [2.24, 2.45) is 0 Å². The summed E-state index contributed by atoms with van der Waals surface area (Å²) < 4.78 is -0.424. The van der Waals surface area contributed by atoms with Gasteiger partial charge in [0.05, 0.1) is 0 Å². The van der Waals surface area contributed by atoms with Crippen LogP contribution in [-0.2, 0) is 6.22 Å². The van der Waals surface area contributed by atoms with Gasteiger partial charge in [0, 0.05) is 11.3 Å². The van der Waals surface area contributed by atoms with E-state index in [-0.39, 0.29) is 5.91 Å². The number of rotatable bonds is 0. The van der Waals surface area contributed by atoms with Gasteiger partial charge < -0.3 is 5.32 Å². The van der Waals surface area contributed by atoms with Gasteiger partial charge in [0.2, 0.25) is 0 Å². The molecule has 2 rings (SSSR count). The molecule has 1 aliphatic rings. The van der Waals surface area contributed by atoms with E-state index in [0.717, 1.165) is 11.3 Å². The quantitative estimate of drug-likeness (QED) is 0.540. The lowest BCUT2D eigenvalue weighted by atomic mass is 10.2. The number of hydrogen-bond acceptors (Lipinski definition) is 1. The lowest BCUT2D eigenvalue weighted by Crippen LogP contribution is -2.19. The number of anilines is 1. The van der Waals surface area contributed by atoms with Crippen LogP contribution in [0.25, 0.3) is 0 Å². The summed E-state index contributed by atoms with van der Waals surface area (Å²) in [6.07, 6.45) is 0. The average molecular weight is 385 g/mol. The first-order chi connectivity index (χ1) is 5.62. The smallest absolute Gasteiger partial charge is 0.255 e. The van der Waals surface area contributed by atoms with Crippen LogP contribution in [0, 0.1) is 0 Å². The van der Waals surface area contributed by atoms with Crippen LogP contribution in [0.5, 0.6) is 0 Å². The summed E-state index contributed by atoms with van der Waals surface area (Å²) in [6, 6.07) is 7.78. The van der Waals surface area contributed by atoms with Crippen LogP contribution >= 0.6 is 45.2 Å². The second-order valence-electron chi connectivity index (χ2n) is 2.57. The van der Waals surface area contributed by atoms with Crippen LogP contribution < -0.4 is 5.32 Å². The molecule has 1 aliphatic heterocycles. The maximum Gasteiger partial charge on any atom is 0.255 e. The molecule has 0 saturated carbocycles. The molecule has 0 unspecified atom stereocenters. The van der Waals surface area contributed by atoms with Crippen LogP contribution in [0.2, 0.25) is 0 Å². The van der Waals surface area contributed by atoms with E-state index in [1.807, 2.05) is 24.3 Å². The number of hydrogen-bond donors (Lipinski definition) is 1. The SMILES string of the molecule is O=C1Nc2ccccc2C1(I)I. The molecular formula is C8H5I2NO. The van der Waals surface area contributed by atoms with Crippen LogP contribution in [0.3, 0.4) is 0 Å². The number of fused-ring (bicyclic) bond motifs is 1. The highest BCUT2D eigenvalue weighted by molar-refractivity contribution is 14.2. The summed E-state index contributed by atoms with van der Waals surface area (Å²) in [6.45, 7) is 0. The van der Waals surface area contributed by atoms with Gasteiger partial charge in [-0.1, -0.05) is 63.4 Å². The van der Waals surface area contributed by atoms with E-state index >= 15 is 0 Å². The Kier molecular flexibility index (Phi) is 2.06. The van der Waals surface area contributed by atoms with Gasteiger partial charge in [0.15, 0.2) is 1.43 Å². The van der Waals surface area contributed by atoms with Gasteiger partial charge in [-0.2, -0.15) is 0 Å².